The molecule has 17 heteroatoms. The van der Waals surface area contributed by atoms with Gasteiger partial charge in [0.25, 0.3) is 0 Å². The van der Waals surface area contributed by atoms with Gasteiger partial charge in [-0.2, -0.15) is 0 Å². The number of carbonyl (C=O) groups is 1. The van der Waals surface area contributed by atoms with Gasteiger partial charge in [0.1, 0.15) is 18.1 Å². The number of carbonyl (C=O) groups excluding carboxylic acids is 1. The van der Waals surface area contributed by atoms with E-state index < -0.39 is 68.5 Å². The molecule has 3 heterocycles. The average Bonchev–Trinajstić information content (AvgIpc) is 3.77. The largest absolute Gasteiger partial charge is 0.497 e. The lowest BCUT2D eigenvalue weighted by Gasteiger charge is -2.54. The Bertz CT molecular complexity index is 1820. The Labute approximate surface area is 479 Å². The van der Waals surface area contributed by atoms with Crippen molar-refractivity contribution in [3.05, 3.63) is 29.8 Å². The van der Waals surface area contributed by atoms with Crippen molar-refractivity contribution in [3.8, 4) is 5.75 Å². The Kier molecular flexibility index (Phi) is 27.6. The van der Waals surface area contributed by atoms with Gasteiger partial charge in [0.2, 0.25) is 0 Å². The second-order valence-electron chi connectivity index (χ2n) is 24.8. The van der Waals surface area contributed by atoms with Crippen molar-refractivity contribution >= 4 is 51.2 Å². The van der Waals surface area contributed by atoms with Gasteiger partial charge in [-0.15, -0.1) is 11.6 Å². The van der Waals surface area contributed by atoms with Gasteiger partial charge in [-0.3, -0.25) is 0 Å². The summed E-state index contributed by atoms with van der Waals surface area (Å²) in [5.74, 6) is -0.976. The van der Waals surface area contributed by atoms with E-state index in [0.29, 0.717) is 51.7 Å². The van der Waals surface area contributed by atoms with Crippen molar-refractivity contribution in [2.24, 2.45) is 11.8 Å². The second kappa shape index (κ2) is 30.8. The van der Waals surface area contributed by atoms with Crippen LogP contribution in [0.25, 0.3) is 0 Å². The molecule has 3 aliphatic heterocycles. The van der Waals surface area contributed by atoms with Crippen LogP contribution in [0.1, 0.15) is 160 Å². The second-order valence-corrected chi connectivity index (χ2v) is 44.3. The van der Waals surface area contributed by atoms with Gasteiger partial charge in [0, 0.05) is 52.4 Å². The lowest BCUT2D eigenvalue weighted by molar-refractivity contribution is -0.414. The van der Waals surface area contributed by atoms with E-state index in [0.717, 1.165) is 91.3 Å². The normalized spacial score (nSPS) is 27.7. The van der Waals surface area contributed by atoms with Crippen LogP contribution >= 0.6 is 11.6 Å². The molecule has 3 fully saturated rings. The smallest absolute Gasteiger partial charge is 0.192 e. The van der Waals surface area contributed by atoms with Crippen molar-refractivity contribution in [3.63, 3.8) is 0 Å². The summed E-state index contributed by atoms with van der Waals surface area (Å²) in [5, 5.41) is -0.303. The van der Waals surface area contributed by atoms with Crippen LogP contribution in [0.3, 0.4) is 0 Å². The maximum absolute atomic E-state index is 12.1. The van der Waals surface area contributed by atoms with Crippen LogP contribution < -0.4 is 4.74 Å². The van der Waals surface area contributed by atoms with Gasteiger partial charge in [-0.25, -0.2) is 0 Å². The number of benzene rings is 1. The number of rotatable bonds is 35. The van der Waals surface area contributed by atoms with E-state index in [-0.39, 0.29) is 47.4 Å². The number of halogens is 1. The summed E-state index contributed by atoms with van der Waals surface area (Å²) < 4.78 is 77.6. The Morgan fingerprint density at radius 1 is 0.740 bits per heavy atom. The highest BCUT2D eigenvalue weighted by atomic mass is 35.5. The van der Waals surface area contributed by atoms with Crippen LogP contribution in [-0.2, 0) is 57.5 Å². The fourth-order valence-corrected chi connectivity index (χ4v) is 22.4. The van der Waals surface area contributed by atoms with E-state index >= 15 is 0 Å². The molecule has 0 radical (unpaired) electrons. The van der Waals surface area contributed by atoms with Crippen LogP contribution in [0.4, 0.5) is 0 Å². The minimum absolute atomic E-state index is 0.0139. The number of hydrogen-bond donors (Lipinski definition) is 0. The SMILES string of the molecule is CC[Si](CC)(CC)O[C@H]([C@@H](OCc1ccc(OC)cc1)[C@H](CCC=O)OC)[C@@H](O[Si](CC)(CC)CC)[C@@H](C)CC[C@H]1O[C@@]2(CC[C@H](C)C3(C[C@H](O[Si](CC)(CC)CC)[C@H](CCO[Si](C)(C)C(C)(C)C)O3)O2)C[C@@H](OC)[C@@H]1Cl. The molecule has 3 aliphatic rings. The molecule has 0 aliphatic carbocycles. The number of methoxy groups -OCH3 is 3. The summed E-state index contributed by atoms with van der Waals surface area (Å²) in [4.78, 5) is 12.1. The minimum Gasteiger partial charge on any atom is -0.497 e. The predicted octanol–water partition coefficient (Wildman–Crippen LogP) is 15.6. The first kappa shape index (κ1) is 68.9. The first-order chi connectivity index (χ1) is 36.4. The van der Waals surface area contributed by atoms with Gasteiger partial charge in [-0.05, 0) is 128 Å². The third-order valence-electron chi connectivity index (χ3n) is 19.8. The van der Waals surface area contributed by atoms with Gasteiger partial charge in [-0.1, -0.05) is 109 Å². The van der Waals surface area contributed by atoms with Crippen molar-refractivity contribution < 1.29 is 55.7 Å². The molecule has 13 atom stereocenters. The van der Waals surface area contributed by atoms with Crippen molar-refractivity contribution in [1.29, 1.82) is 0 Å². The molecule has 3 saturated heterocycles. The van der Waals surface area contributed by atoms with Crippen molar-refractivity contribution in [2.45, 2.75) is 300 Å². The predicted molar refractivity (Wildman–Crippen MR) is 324 cm³/mol. The standard InChI is InChI=1S/C60H113ClO12Si4/c1-20-75(21-2,22-3)70-52-43-60(69-49(52)38-41-67-74(18,19)58(12,13)14)46(11)37-39-59(73-60)42-53(65-17)54(61)50(68-59)36-31-45(10)55(71-76(23-4,24-5)25-6)57(72-77(26-7,27-8)28-9)56(51(64-16)30-29-40-62)66-44-47-32-34-48(63-15)35-33-47/h32-35,40,45-46,49-57H,20-31,36-39,41-44H2,1-19H3/t45-,46-,49-,50+,51-,52-,53+,54+,55-,56-,57-,59+,60?/m0/s1. The minimum atomic E-state index is -2.34. The monoisotopic (exact) mass is 1170 g/mol. The van der Waals surface area contributed by atoms with Crippen LogP contribution in [-0.4, -0.2) is 133 Å². The molecule has 1 aromatic carbocycles. The molecule has 0 N–H and O–H groups in total. The molecule has 0 bridgehead atoms. The quantitative estimate of drug-likeness (QED) is 0.0366. The molecule has 0 aromatic heterocycles. The van der Waals surface area contributed by atoms with Crippen molar-refractivity contribution in [2.75, 3.05) is 27.9 Å². The van der Waals surface area contributed by atoms with E-state index in [1.807, 2.05) is 24.3 Å². The van der Waals surface area contributed by atoms with Crippen LogP contribution in [0.2, 0.25) is 72.5 Å². The third kappa shape index (κ3) is 17.3. The fourth-order valence-electron chi connectivity index (χ4n) is 12.3. The summed E-state index contributed by atoms with van der Waals surface area (Å²) >= 11 is 7.57. The molecular weight excluding hydrogens is 1060 g/mol. The highest BCUT2D eigenvalue weighted by molar-refractivity contribution is 6.75. The van der Waals surface area contributed by atoms with Gasteiger partial charge >= 0.3 is 0 Å². The molecule has 448 valence electrons. The molecule has 1 unspecified atom stereocenters. The summed E-state index contributed by atoms with van der Waals surface area (Å²) in [6.07, 6.45) is 3.95. The van der Waals surface area contributed by atoms with Crippen LogP contribution in [0.5, 0.6) is 5.75 Å². The zero-order valence-corrected chi connectivity index (χ0v) is 56.9. The van der Waals surface area contributed by atoms with Crippen LogP contribution in [0.15, 0.2) is 24.3 Å². The third-order valence-corrected chi connectivity index (χ3v) is 38.9. The molecule has 4 rings (SSSR count). The van der Waals surface area contributed by atoms with E-state index in [2.05, 4.69) is 110 Å². The maximum Gasteiger partial charge on any atom is 0.192 e. The lowest BCUT2D eigenvalue weighted by atomic mass is 9.82. The molecule has 0 saturated carbocycles. The molecular formula is C60H113ClO12Si4. The summed E-state index contributed by atoms with van der Waals surface area (Å²) in [6, 6.07) is 17.0. The number of hydrogen-bond acceptors (Lipinski definition) is 12. The molecule has 0 amide bonds. The van der Waals surface area contributed by atoms with Crippen LogP contribution in [0, 0.1) is 11.8 Å². The molecule has 77 heavy (non-hydrogen) atoms. The van der Waals surface area contributed by atoms with Gasteiger partial charge in [0.05, 0.1) is 61.8 Å². The van der Waals surface area contributed by atoms with Crippen molar-refractivity contribution in [1.82, 2.24) is 0 Å². The number of ether oxygens (including phenoxy) is 7. The van der Waals surface area contributed by atoms with E-state index in [1.54, 1.807) is 21.3 Å². The first-order valence-electron chi connectivity index (χ1n) is 30.6. The first-order valence-corrected chi connectivity index (χ1v) is 41.5. The fraction of sp³-hybridized carbons (Fsp3) is 0.883. The van der Waals surface area contributed by atoms with E-state index in [4.69, 9.17) is 62.5 Å². The zero-order chi connectivity index (χ0) is 57.5. The number of alkyl halides is 1. The number of aldehydes is 1. The Morgan fingerprint density at radius 3 is 1.82 bits per heavy atom. The highest BCUT2D eigenvalue weighted by Gasteiger charge is 2.62. The van der Waals surface area contributed by atoms with E-state index in [9.17, 15) is 4.79 Å². The zero-order valence-electron chi connectivity index (χ0n) is 52.2. The summed E-state index contributed by atoms with van der Waals surface area (Å²) in [5.41, 5.74) is 1.01. The van der Waals surface area contributed by atoms with E-state index in [1.165, 1.54) is 0 Å². The highest BCUT2D eigenvalue weighted by Crippen LogP contribution is 2.54. The molecule has 1 aromatic rings. The topological polar surface area (TPSA) is 119 Å². The average molecular weight is 1170 g/mol. The molecule has 2 spiro atoms. The molecule has 12 nitrogen and oxygen atoms in total. The lowest BCUT2D eigenvalue weighted by Crippen LogP contribution is -2.61. The summed E-state index contributed by atoms with van der Waals surface area (Å²) in [7, 11) is -3.48. The Balaban J connectivity index is 1.77. The Hall–Kier alpha value is -0.552. The van der Waals surface area contributed by atoms with Gasteiger partial charge < -0.3 is 55.7 Å². The van der Waals surface area contributed by atoms with Gasteiger partial charge in [0.15, 0.2) is 44.8 Å². The Morgan fingerprint density at radius 2 is 1.31 bits per heavy atom. The summed E-state index contributed by atoms with van der Waals surface area (Å²) in [6.45, 7) is 37.7. The maximum atomic E-state index is 12.1.